The van der Waals surface area contributed by atoms with Gasteiger partial charge in [0.2, 0.25) is 0 Å². The van der Waals surface area contributed by atoms with Crippen LogP contribution in [-0.2, 0) is 11.3 Å². The molecule has 1 saturated carbocycles. The van der Waals surface area contributed by atoms with E-state index in [1.165, 1.54) is 38.6 Å². The van der Waals surface area contributed by atoms with E-state index in [-0.39, 0.29) is 5.56 Å². The summed E-state index contributed by atoms with van der Waals surface area (Å²) in [6.07, 6.45) is 6.03. The van der Waals surface area contributed by atoms with Crippen LogP contribution in [0.5, 0.6) is 0 Å². The van der Waals surface area contributed by atoms with Crippen LogP contribution in [0.25, 0.3) is 0 Å². The fraction of sp³-hybridized carbons (Fsp3) is 0.778. The summed E-state index contributed by atoms with van der Waals surface area (Å²) in [6.45, 7) is 6.15. The molecule has 0 bridgehead atoms. The predicted octanol–water partition coefficient (Wildman–Crippen LogP) is 1.87. The van der Waals surface area contributed by atoms with Crippen molar-refractivity contribution in [3.63, 3.8) is 0 Å². The zero-order valence-electron chi connectivity index (χ0n) is 13.8. The van der Waals surface area contributed by atoms with Gasteiger partial charge in [-0.1, -0.05) is 0 Å². The molecule has 0 radical (unpaired) electrons. The van der Waals surface area contributed by atoms with E-state index in [9.17, 15) is 4.79 Å². The van der Waals surface area contributed by atoms with Crippen LogP contribution < -0.4 is 5.56 Å². The highest BCUT2D eigenvalue weighted by Crippen LogP contribution is 2.38. The van der Waals surface area contributed by atoms with Crippen LogP contribution in [0.2, 0.25) is 0 Å². The Morgan fingerprint density at radius 2 is 1.87 bits per heavy atom. The SMILES string of the molecule is O=c1ccc(C2CC2)nn1CC1CCN(CC2CCOC2)CC1. The van der Waals surface area contributed by atoms with Gasteiger partial charge in [0.05, 0.1) is 12.3 Å². The van der Waals surface area contributed by atoms with Crippen molar-refractivity contribution in [3.8, 4) is 0 Å². The number of hydrogen-bond acceptors (Lipinski definition) is 4. The molecule has 3 aliphatic rings. The van der Waals surface area contributed by atoms with Crippen LogP contribution in [0.3, 0.4) is 0 Å². The first-order chi connectivity index (χ1) is 11.3. The first-order valence-electron chi connectivity index (χ1n) is 9.16. The summed E-state index contributed by atoms with van der Waals surface area (Å²) in [5, 5.41) is 4.60. The topological polar surface area (TPSA) is 47.4 Å². The number of piperidine rings is 1. The summed E-state index contributed by atoms with van der Waals surface area (Å²) in [7, 11) is 0. The van der Waals surface area contributed by atoms with Gasteiger partial charge in [-0.3, -0.25) is 4.79 Å². The van der Waals surface area contributed by atoms with Gasteiger partial charge < -0.3 is 9.64 Å². The number of hydrogen-bond donors (Lipinski definition) is 0. The Balaban J connectivity index is 1.30. The molecule has 0 spiro atoms. The van der Waals surface area contributed by atoms with E-state index in [2.05, 4.69) is 10.00 Å². The van der Waals surface area contributed by atoms with E-state index in [0.29, 0.717) is 11.8 Å². The molecule has 1 aromatic rings. The number of ether oxygens (including phenoxy) is 1. The molecular weight excluding hydrogens is 290 g/mol. The van der Waals surface area contributed by atoms with Gasteiger partial charge in [0.25, 0.3) is 5.56 Å². The van der Waals surface area contributed by atoms with Crippen molar-refractivity contribution in [2.75, 3.05) is 32.8 Å². The lowest BCUT2D eigenvalue weighted by Gasteiger charge is -2.33. The van der Waals surface area contributed by atoms with Gasteiger partial charge in [0.15, 0.2) is 0 Å². The maximum Gasteiger partial charge on any atom is 0.266 e. The smallest absolute Gasteiger partial charge is 0.266 e. The molecule has 1 unspecified atom stereocenters. The molecule has 5 nitrogen and oxygen atoms in total. The fourth-order valence-electron chi connectivity index (χ4n) is 3.88. The minimum atomic E-state index is 0.0555. The van der Waals surface area contributed by atoms with E-state index in [0.717, 1.165) is 44.5 Å². The zero-order chi connectivity index (χ0) is 15.6. The van der Waals surface area contributed by atoms with Crippen molar-refractivity contribution in [2.45, 2.75) is 44.6 Å². The molecule has 2 saturated heterocycles. The molecule has 4 rings (SSSR count). The van der Waals surface area contributed by atoms with Gasteiger partial charge in [-0.25, -0.2) is 4.68 Å². The van der Waals surface area contributed by atoms with Crippen LogP contribution in [0.4, 0.5) is 0 Å². The summed E-state index contributed by atoms with van der Waals surface area (Å²) in [6, 6.07) is 3.62. The summed E-state index contributed by atoms with van der Waals surface area (Å²) in [5.74, 6) is 1.93. The second-order valence-corrected chi connectivity index (χ2v) is 7.53. The Hall–Kier alpha value is -1.20. The maximum absolute atomic E-state index is 12.1. The number of aromatic nitrogens is 2. The third kappa shape index (κ3) is 3.83. The first kappa shape index (κ1) is 15.3. The summed E-state index contributed by atoms with van der Waals surface area (Å²) in [5.41, 5.74) is 1.17. The van der Waals surface area contributed by atoms with Crippen molar-refractivity contribution >= 4 is 0 Å². The normalized spacial score (nSPS) is 26.7. The molecule has 1 aliphatic carbocycles. The highest BCUT2D eigenvalue weighted by molar-refractivity contribution is 5.12. The van der Waals surface area contributed by atoms with Crippen LogP contribution >= 0.6 is 0 Å². The van der Waals surface area contributed by atoms with Gasteiger partial charge in [-0.2, -0.15) is 5.10 Å². The summed E-state index contributed by atoms with van der Waals surface area (Å²) in [4.78, 5) is 14.6. The quantitative estimate of drug-likeness (QED) is 0.832. The monoisotopic (exact) mass is 317 g/mol. The highest BCUT2D eigenvalue weighted by atomic mass is 16.5. The summed E-state index contributed by atoms with van der Waals surface area (Å²) >= 11 is 0. The van der Waals surface area contributed by atoms with E-state index in [1.54, 1.807) is 10.7 Å². The molecule has 0 N–H and O–H groups in total. The van der Waals surface area contributed by atoms with Gasteiger partial charge in [-0.15, -0.1) is 0 Å². The number of nitrogens with zero attached hydrogens (tertiary/aromatic N) is 3. The van der Waals surface area contributed by atoms with E-state index >= 15 is 0 Å². The van der Waals surface area contributed by atoms with Gasteiger partial charge in [-0.05, 0) is 63.1 Å². The number of likely N-dealkylation sites (tertiary alicyclic amines) is 1. The standard InChI is InChI=1S/C18H27N3O2/c22-18-4-3-17(16-1-2-16)19-21(18)12-14-5-8-20(9-6-14)11-15-7-10-23-13-15/h3-4,14-16H,1-2,5-13H2. The van der Waals surface area contributed by atoms with Crippen molar-refractivity contribution in [3.05, 3.63) is 28.2 Å². The Kier molecular flexibility index (Phi) is 4.49. The molecular formula is C18H27N3O2. The highest BCUT2D eigenvalue weighted by Gasteiger charge is 2.27. The fourth-order valence-corrected chi connectivity index (χ4v) is 3.88. The molecule has 5 heteroatoms. The largest absolute Gasteiger partial charge is 0.381 e. The predicted molar refractivity (Wildman–Crippen MR) is 88.6 cm³/mol. The van der Waals surface area contributed by atoms with Crippen LogP contribution in [-0.4, -0.2) is 47.5 Å². The van der Waals surface area contributed by atoms with Crippen molar-refractivity contribution in [1.82, 2.24) is 14.7 Å². The maximum atomic E-state index is 12.1. The Morgan fingerprint density at radius 1 is 1.04 bits per heavy atom. The van der Waals surface area contributed by atoms with Crippen LogP contribution in [0.1, 0.15) is 43.7 Å². The molecule has 2 aliphatic heterocycles. The van der Waals surface area contributed by atoms with Crippen molar-refractivity contribution in [2.24, 2.45) is 11.8 Å². The zero-order valence-corrected chi connectivity index (χ0v) is 13.8. The van der Waals surface area contributed by atoms with Crippen LogP contribution in [0, 0.1) is 11.8 Å². The molecule has 23 heavy (non-hydrogen) atoms. The lowest BCUT2D eigenvalue weighted by molar-refractivity contribution is 0.134. The van der Waals surface area contributed by atoms with Gasteiger partial charge in [0.1, 0.15) is 0 Å². The van der Waals surface area contributed by atoms with Crippen molar-refractivity contribution in [1.29, 1.82) is 0 Å². The average Bonchev–Trinajstić information content (AvgIpc) is 3.29. The molecule has 126 valence electrons. The molecule has 0 amide bonds. The second kappa shape index (κ2) is 6.73. The Bertz CT molecular complexity index is 582. The van der Waals surface area contributed by atoms with Crippen LogP contribution in [0.15, 0.2) is 16.9 Å². The second-order valence-electron chi connectivity index (χ2n) is 7.53. The molecule has 3 fully saturated rings. The lowest BCUT2D eigenvalue weighted by atomic mass is 9.95. The van der Waals surface area contributed by atoms with E-state index < -0.39 is 0 Å². The molecule has 0 aromatic carbocycles. The van der Waals surface area contributed by atoms with E-state index in [4.69, 9.17) is 4.74 Å². The Morgan fingerprint density at radius 3 is 2.57 bits per heavy atom. The van der Waals surface area contributed by atoms with E-state index in [1.807, 2.05) is 6.07 Å². The first-order valence-corrected chi connectivity index (χ1v) is 9.16. The molecule has 3 heterocycles. The molecule has 1 aromatic heterocycles. The lowest BCUT2D eigenvalue weighted by Crippen LogP contribution is -2.39. The van der Waals surface area contributed by atoms with Gasteiger partial charge >= 0.3 is 0 Å². The molecule has 1 atom stereocenters. The Labute approximate surface area is 137 Å². The minimum Gasteiger partial charge on any atom is -0.381 e. The minimum absolute atomic E-state index is 0.0555. The third-order valence-corrected chi connectivity index (χ3v) is 5.56. The third-order valence-electron chi connectivity index (χ3n) is 5.56. The average molecular weight is 317 g/mol. The summed E-state index contributed by atoms with van der Waals surface area (Å²) < 4.78 is 7.20. The van der Waals surface area contributed by atoms with Gasteiger partial charge in [0, 0.05) is 31.7 Å². The number of rotatable bonds is 5. The van der Waals surface area contributed by atoms with Crippen molar-refractivity contribution < 1.29 is 4.74 Å².